The summed E-state index contributed by atoms with van der Waals surface area (Å²) in [6, 6.07) is 0. The van der Waals surface area contributed by atoms with Crippen molar-refractivity contribution in [3.8, 4) is 0 Å². The minimum Gasteiger partial charge on any atom is -0.466 e. The van der Waals surface area contributed by atoms with Crippen LogP contribution in [0.3, 0.4) is 0 Å². The molecule has 1 fully saturated rings. The average molecular weight is 171 g/mol. The zero-order valence-electron chi connectivity index (χ0n) is 6.65. The van der Waals surface area contributed by atoms with Crippen molar-refractivity contribution in [3.05, 3.63) is 4.91 Å². The fourth-order valence-electron chi connectivity index (χ4n) is 1.05. The second-order valence-electron chi connectivity index (χ2n) is 2.63. The Bertz CT molecular complexity index is 225. The Morgan fingerprint density at radius 1 is 1.50 bits per heavy atom. The van der Waals surface area contributed by atoms with E-state index in [-0.39, 0.29) is 0 Å². The zero-order valence-corrected chi connectivity index (χ0v) is 6.65. The summed E-state index contributed by atoms with van der Waals surface area (Å²) in [5.41, 5.74) is 0. The van der Waals surface area contributed by atoms with E-state index in [0.29, 0.717) is 13.0 Å². The Balaban J connectivity index is 2.37. The first-order valence-corrected chi connectivity index (χ1v) is 3.74. The summed E-state index contributed by atoms with van der Waals surface area (Å²) in [7, 11) is 0. The van der Waals surface area contributed by atoms with Gasteiger partial charge in [0.2, 0.25) is 0 Å². The van der Waals surface area contributed by atoms with E-state index >= 15 is 0 Å². The van der Waals surface area contributed by atoms with Crippen LogP contribution in [-0.2, 0) is 14.3 Å². The van der Waals surface area contributed by atoms with Gasteiger partial charge in [-0.05, 0) is 13.3 Å². The molecule has 0 aromatic carbocycles. The number of hydrogen-bond acceptors (Lipinski definition) is 4. The first-order valence-electron chi connectivity index (χ1n) is 3.74. The van der Waals surface area contributed by atoms with Crippen molar-refractivity contribution in [2.24, 2.45) is 17.0 Å². The molecule has 2 atom stereocenters. The molecule has 0 heterocycles. The fourth-order valence-corrected chi connectivity index (χ4v) is 1.05. The minimum atomic E-state index is -0.743. The lowest BCUT2D eigenvalue weighted by molar-refractivity contribution is -0.145. The lowest BCUT2D eigenvalue weighted by Crippen LogP contribution is -2.10. The van der Waals surface area contributed by atoms with Crippen LogP contribution in [0.1, 0.15) is 13.3 Å². The maximum Gasteiger partial charge on any atom is 0.309 e. The predicted molar refractivity (Wildman–Crippen MR) is 39.0 cm³/mol. The summed E-state index contributed by atoms with van der Waals surface area (Å²) >= 11 is 0. The maximum absolute atomic E-state index is 10.9. The zero-order chi connectivity index (χ0) is 9.14. The van der Waals surface area contributed by atoms with Crippen LogP contribution < -0.4 is 0 Å². The molecule has 1 aliphatic rings. The lowest BCUT2D eigenvalue weighted by Gasteiger charge is -1.97. The summed E-state index contributed by atoms with van der Waals surface area (Å²) < 4.78 is 4.66. The molecule has 1 saturated carbocycles. The van der Waals surface area contributed by atoms with Gasteiger partial charge in [0.05, 0.1) is 18.4 Å². The number of carbonyl (C=O) groups excluding carboxylic acids is 2. The van der Waals surface area contributed by atoms with E-state index in [1.807, 2.05) is 0 Å². The molecule has 12 heavy (non-hydrogen) atoms. The van der Waals surface area contributed by atoms with Gasteiger partial charge in [-0.1, -0.05) is 0 Å². The van der Waals surface area contributed by atoms with Crippen molar-refractivity contribution < 1.29 is 14.3 Å². The largest absolute Gasteiger partial charge is 0.466 e. The van der Waals surface area contributed by atoms with Crippen LogP contribution in [0.15, 0.2) is 5.18 Å². The highest BCUT2D eigenvalue weighted by molar-refractivity contribution is 5.90. The Kier molecular flexibility index (Phi) is 2.52. The van der Waals surface area contributed by atoms with Gasteiger partial charge in [-0.25, -0.2) is 0 Å². The Labute approximate surface area is 69.1 Å². The van der Waals surface area contributed by atoms with Gasteiger partial charge in [-0.2, -0.15) is 0 Å². The summed E-state index contributed by atoms with van der Waals surface area (Å²) in [4.78, 5) is 31.3. The van der Waals surface area contributed by atoms with Crippen LogP contribution in [0.25, 0.3) is 0 Å². The van der Waals surface area contributed by atoms with Gasteiger partial charge in [0.15, 0.2) is 0 Å². The number of amides is 1. The average Bonchev–Trinajstić information content (AvgIpc) is 2.82. The Hall–Kier alpha value is -1.26. The van der Waals surface area contributed by atoms with Crippen molar-refractivity contribution in [3.63, 3.8) is 0 Å². The van der Waals surface area contributed by atoms with Crippen molar-refractivity contribution >= 4 is 11.9 Å². The molecule has 5 nitrogen and oxygen atoms in total. The quantitative estimate of drug-likeness (QED) is 0.457. The highest BCUT2D eigenvalue weighted by Crippen LogP contribution is 2.40. The van der Waals surface area contributed by atoms with Gasteiger partial charge < -0.3 is 4.74 Å². The smallest absolute Gasteiger partial charge is 0.309 e. The van der Waals surface area contributed by atoms with Crippen LogP contribution in [-0.4, -0.2) is 18.5 Å². The molecule has 5 heteroatoms. The predicted octanol–water partition coefficient (Wildman–Crippen LogP) is 0.479. The highest BCUT2D eigenvalue weighted by Gasteiger charge is 2.49. The number of nitrogens with zero attached hydrogens (tertiary/aromatic N) is 1. The van der Waals surface area contributed by atoms with Crippen LogP contribution in [0, 0.1) is 16.7 Å². The molecule has 66 valence electrons. The molecule has 1 rings (SSSR count). The number of esters is 1. The van der Waals surface area contributed by atoms with Crippen molar-refractivity contribution in [2.45, 2.75) is 13.3 Å². The molecule has 0 aromatic heterocycles. The number of ether oxygens (including phenoxy) is 1. The van der Waals surface area contributed by atoms with Crippen molar-refractivity contribution in [1.82, 2.24) is 0 Å². The van der Waals surface area contributed by atoms with E-state index in [1.165, 1.54) is 0 Å². The van der Waals surface area contributed by atoms with Gasteiger partial charge in [0.1, 0.15) is 0 Å². The molecule has 0 N–H and O–H groups in total. The third-order valence-electron chi connectivity index (χ3n) is 1.79. The summed E-state index contributed by atoms with van der Waals surface area (Å²) in [5, 5.41) is 2.25. The molecule has 0 saturated heterocycles. The Morgan fingerprint density at radius 3 is 2.67 bits per heavy atom. The highest BCUT2D eigenvalue weighted by atomic mass is 16.5. The van der Waals surface area contributed by atoms with Gasteiger partial charge in [-0.3, -0.25) is 9.59 Å². The second-order valence-corrected chi connectivity index (χ2v) is 2.63. The van der Waals surface area contributed by atoms with Gasteiger partial charge in [0, 0.05) is 5.18 Å². The van der Waals surface area contributed by atoms with Crippen LogP contribution in [0.2, 0.25) is 0 Å². The molecule has 0 spiro atoms. The van der Waals surface area contributed by atoms with E-state index in [1.54, 1.807) is 6.92 Å². The van der Waals surface area contributed by atoms with Crippen molar-refractivity contribution in [1.29, 1.82) is 0 Å². The Morgan fingerprint density at radius 2 is 2.17 bits per heavy atom. The monoisotopic (exact) mass is 171 g/mol. The summed E-state index contributed by atoms with van der Waals surface area (Å²) in [5.74, 6) is -2.08. The summed E-state index contributed by atoms with van der Waals surface area (Å²) in [6.07, 6.45) is 0.406. The lowest BCUT2D eigenvalue weighted by atomic mass is 10.3. The van der Waals surface area contributed by atoms with Crippen molar-refractivity contribution in [2.75, 3.05) is 6.61 Å². The van der Waals surface area contributed by atoms with E-state index in [4.69, 9.17) is 0 Å². The number of nitroso groups, excluding NO2 is 1. The van der Waals surface area contributed by atoms with Crippen LogP contribution in [0.4, 0.5) is 0 Å². The van der Waals surface area contributed by atoms with Gasteiger partial charge in [-0.15, -0.1) is 4.91 Å². The first-order chi connectivity index (χ1) is 5.70. The van der Waals surface area contributed by atoms with E-state index in [2.05, 4.69) is 9.91 Å². The molecule has 1 aliphatic carbocycles. The standard InChI is InChI=1S/C7H9NO4/c1-2-12-7(10)5-3-4(5)6(9)8-11/h4-5H,2-3H2,1H3. The van der Waals surface area contributed by atoms with E-state index in [0.717, 1.165) is 0 Å². The fraction of sp³-hybridized carbons (Fsp3) is 0.714. The van der Waals surface area contributed by atoms with Gasteiger partial charge >= 0.3 is 5.97 Å². The number of rotatable bonds is 3. The SMILES string of the molecule is CCOC(=O)C1CC1C(=O)N=O. The molecule has 1 amide bonds. The van der Waals surface area contributed by atoms with E-state index < -0.39 is 23.7 Å². The molecule has 0 radical (unpaired) electrons. The molecule has 0 bridgehead atoms. The van der Waals surface area contributed by atoms with Crippen LogP contribution >= 0.6 is 0 Å². The first kappa shape index (κ1) is 8.83. The van der Waals surface area contributed by atoms with Gasteiger partial charge in [0.25, 0.3) is 5.91 Å². The summed E-state index contributed by atoms with van der Waals surface area (Å²) in [6.45, 7) is 1.99. The van der Waals surface area contributed by atoms with E-state index in [9.17, 15) is 14.5 Å². The maximum atomic E-state index is 10.9. The van der Waals surface area contributed by atoms with Crippen LogP contribution in [0.5, 0.6) is 0 Å². The molecular weight excluding hydrogens is 162 g/mol. The number of hydrogen-bond donors (Lipinski definition) is 0. The topological polar surface area (TPSA) is 72.8 Å². The minimum absolute atomic E-state index is 0.296. The molecule has 0 aromatic rings. The number of carbonyl (C=O) groups is 2. The molecule has 2 unspecified atom stereocenters. The normalized spacial score (nSPS) is 26.1. The third kappa shape index (κ3) is 1.66. The molecule has 0 aliphatic heterocycles. The molecular formula is C7H9NO4. The third-order valence-corrected chi connectivity index (χ3v) is 1.79. The second kappa shape index (κ2) is 3.42.